The summed E-state index contributed by atoms with van der Waals surface area (Å²) < 4.78 is 23.4. The van der Waals surface area contributed by atoms with E-state index in [4.69, 9.17) is 9.05 Å². The van der Waals surface area contributed by atoms with Gasteiger partial charge in [0.05, 0.1) is 39.9 Å². The summed E-state index contributed by atoms with van der Waals surface area (Å²) in [7, 11) is 1.25. The van der Waals surface area contributed by atoms with Crippen molar-refractivity contribution in [2.75, 3.05) is 40.9 Å². The summed E-state index contributed by atoms with van der Waals surface area (Å²) in [5.74, 6) is -0.204. The molecular formula is C71H131N2O6P. The highest BCUT2D eigenvalue weighted by Crippen LogP contribution is 2.38. The third kappa shape index (κ3) is 63.3. The summed E-state index contributed by atoms with van der Waals surface area (Å²) >= 11 is 0. The number of likely N-dealkylation sites (N-methyl/N-ethyl adjacent to an activating group) is 1. The fraction of sp³-hybridized carbons (Fsp3) is 0.789. The number of aliphatic hydroxyl groups is 1. The van der Waals surface area contributed by atoms with Crippen molar-refractivity contribution in [3.63, 3.8) is 0 Å². The Kier molecular flexibility index (Phi) is 59.5. The van der Waals surface area contributed by atoms with Crippen LogP contribution in [-0.2, 0) is 18.4 Å². The molecule has 9 heteroatoms. The summed E-state index contributed by atoms with van der Waals surface area (Å²) in [6.07, 6.45) is 87.0. The van der Waals surface area contributed by atoms with E-state index in [0.717, 1.165) is 70.6 Å². The van der Waals surface area contributed by atoms with Crippen molar-refractivity contribution in [2.45, 2.75) is 321 Å². The predicted molar refractivity (Wildman–Crippen MR) is 348 cm³/mol. The first kappa shape index (κ1) is 77.7. The van der Waals surface area contributed by atoms with E-state index in [1.54, 1.807) is 6.08 Å². The molecule has 0 aromatic carbocycles. The smallest absolute Gasteiger partial charge is 0.268 e. The number of aliphatic hydroxyl groups excluding tert-OH is 1. The number of hydrogen-bond donors (Lipinski definition) is 2. The Balaban J connectivity index is 4.08. The Morgan fingerprint density at radius 1 is 0.450 bits per heavy atom. The predicted octanol–water partition coefficient (Wildman–Crippen LogP) is 20.9. The number of carbonyl (C=O) groups excluding carboxylic acids is 1. The molecule has 0 aliphatic carbocycles. The molecule has 0 bridgehead atoms. The van der Waals surface area contributed by atoms with Crippen molar-refractivity contribution >= 4 is 13.7 Å². The molecule has 2 N–H and O–H groups in total. The zero-order valence-corrected chi connectivity index (χ0v) is 54.2. The van der Waals surface area contributed by atoms with Gasteiger partial charge in [0.1, 0.15) is 13.2 Å². The normalized spacial score (nSPS) is 14.2. The van der Waals surface area contributed by atoms with E-state index >= 15 is 0 Å². The summed E-state index contributed by atoms with van der Waals surface area (Å²) in [5.41, 5.74) is 0. The van der Waals surface area contributed by atoms with E-state index in [9.17, 15) is 19.4 Å². The SMILES string of the molecule is CC/C=C\C/C=C\C/C=C\C/C=C\C/C=C\CCCCCCCCCCCCCCCCCCCCCC(=O)NC(COP(=O)([O-])OCC[N+](C)(C)C)C(O)/C=C/CC/C=C/CCCCCCCCCCCCCCCCCCC. The number of rotatable bonds is 62. The van der Waals surface area contributed by atoms with Crippen LogP contribution in [0.4, 0.5) is 0 Å². The van der Waals surface area contributed by atoms with Crippen molar-refractivity contribution in [3.05, 3.63) is 85.1 Å². The number of nitrogens with one attached hydrogen (secondary N) is 1. The molecule has 0 aliphatic rings. The largest absolute Gasteiger partial charge is 0.756 e. The standard InChI is InChI=1S/C71H131N2O6P/c1-6-8-10-12-14-16-18-20-22-24-26-28-30-31-32-33-34-35-36-37-38-39-40-41-43-45-47-49-51-53-55-57-59-61-63-65-71(75)72-69(68-79-80(76,77)78-67-66-73(3,4)5)70(74)64-62-60-58-56-54-52-50-48-46-44-42-29-27-25-23-21-19-17-15-13-11-9-7-2/h8,10,14,16,20,22,26,28,31-32,54,56,62,64,69-70,74H,6-7,9,11-13,15,17-19,21,23-25,27,29-30,33-53,55,57-61,63,65-68H2,1-5H3,(H-,72,75,76,77)/b10-8-,16-14-,22-20-,28-26-,32-31-,56-54+,64-62+. The van der Waals surface area contributed by atoms with Gasteiger partial charge in [0.25, 0.3) is 7.82 Å². The molecule has 0 aliphatic heterocycles. The molecule has 0 rings (SSSR count). The van der Waals surface area contributed by atoms with Crippen LogP contribution >= 0.6 is 7.82 Å². The van der Waals surface area contributed by atoms with Crippen LogP contribution in [0.25, 0.3) is 0 Å². The third-order valence-electron chi connectivity index (χ3n) is 15.1. The monoisotopic (exact) mass is 1140 g/mol. The van der Waals surface area contributed by atoms with E-state index in [1.807, 2.05) is 27.2 Å². The third-order valence-corrected chi connectivity index (χ3v) is 16.1. The van der Waals surface area contributed by atoms with E-state index in [1.165, 1.54) is 218 Å². The van der Waals surface area contributed by atoms with Crippen molar-refractivity contribution in [1.82, 2.24) is 5.32 Å². The van der Waals surface area contributed by atoms with Crippen LogP contribution < -0.4 is 10.2 Å². The summed E-state index contributed by atoms with van der Waals surface area (Å²) in [6.45, 7) is 4.55. The Hall–Kier alpha value is -2.32. The van der Waals surface area contributed by atoms with Gasteiger partial charge in [-0.15, -0.1) is 0 Å². The van der Waals surface area contributed by atoms with Crippen molar-refractivity contribution in [2.24, 2.45) is 0 Å². The molecule has 0 saturated heterocycles. The average Bonchev–Trinajstić information content (AvgIpc) is 3.42. The second kappa shape index (κ2) is 61.2. The maximum absolute atomic E-state index is 13.0. The average molecular weight is 1140 g/mol. The molecule has 80 heavy (non-hydrogen) atoms. The number of allylic oxidation sites excluding steroid dienone is 13. The fourth-order valence-corrected chi connectivity index (χ4v) is 10.6. The molecule has 3 atom stereocenters. The highest BCUT2D eigenvalue weighted by atomic mass is 31.2. The Bertz CT molecular complexity index is 1580. The highest BCUT2D eigenvalue weighted by Gasteiger charge is 2.23. The minimum absolute atomic E-state index is 0.00735. The summed E-state index contributed by atoms with van der Waals surface area (Å²) in [4.78, 5) is 25.6. The number of phosphoric acid groups is 1. The van der Waals surface area contributed by atoms with Crippen LogP contribution in [0, 0.1) is 0 Å². The van der Waals surface area contributed by atoms with E-state index < -0.39 is 26.6 Å². The molecule has 0 heterocycles. The van der Waals surface area contributed by atoms with Gasteiger partial charge in [-0.3, -0.25) is 9.36 Å². The van der Waals surface area contributed by atoms with Gasteiger partial charge in [0.2, 0.25) is 5.91 Å². The lowest BCUT2D eigenvalue weighted by molar-refractivity contribution is -0.870. The molecular weight excluding hydrogens is 1010 g/mol. The van der Waals surface area contributed by atoms with Crippen LogP contribution in [0.3, 0.4) is 0 Å². The second-order valence-electron chi connectivity index (χ2n) is 24.1. The molecule has 8 nitrogen and oxygen atoms in total. The molecule has 0 radical (unpaired) electrons. The number of hydrogen-bond acceptors (Lipinski definition) is 6. The first-order chi connectivity index (χ1) is 39.0. The van der Waals surface area contributed by atoms with Gasteiger partial charge in [-0.1, -0.05) is 311 Å². The first-order valence-electron chi connectivity index (χ1n) is 33.9. The number of carbonyl (C=O) groups is 1. The lowest BCUT2D eigenvalue weighted by Crippen LogP contribution is -2.45. The molecule has 0 aromatic heterocycles. The maximum atomic E-state index is 13.0. The number of unbranched alkanes of at least 4 members (excludes halogenated alkanes) is 37. The van der Waals surface area contributed by atoms with Crippen LogP contribution in [-0.4, -0.2) is 68.5 Å². The van der Waals surface area contributed by atoms with Crippen LogP contribution in [0.5, 0.6) is 0 Å². The van der Waals surface area contributed by atoms with Gasteiger partial charge in [0, 0.05) is 6.42 Å². The molecule has 0 fully saturated rings. The maximum Gasteiger partial charge on any atom is 0.268 e. The van der Waals surface area contributed by atoms with Gasteiger partial charge in [0.15, 0.2) is 0 Å². The molecule has 466 valence electrons. The first-order valence-corrected chi connectivity index (χ1v) is 35.4. The van der Waals surface area contributed by atoms with E-state index in [0.29, 0.717) is 17.4 Å². The van der Waals surface area contributed by atoms with Crippen LogP contribution in [0.15, 0.2) is 85.1 Å². The van der Waals surface area contributed by atoms with Crippen molar-refractivity contribution < 1.29 is 32.9 Å². The number of quaternary nitrogens is 1. The van der Waals surface area contributed by atoms with Crippen LogP contribution in [0.2, 0.25) is 0 Å². The van der Waals surface area contributed by atoms with Crippen LogP contribution in [0.1, 0.15) is 309 Å². The molecule has 1 amide bonds. The summed E-state index contributed by atoms with van der Waals surface area (Å²) in [6, 6.07) is -0.907. The highest BCUT2D eigenvalue weighted by molar-refractivity contribution is 7.45. The minimum atomic E-state index is -4.61. The van der Waals surface area contributed by atoms with Gasteiger partial charge < -0.3 is 28.8 Å². The van der Waals surface area contributed by atoms with Gasteiger partial charge in [-0.2, -0.15) is 0 Å². The molecule has 0 spiro atoms. The Morgan fingerprint density at radius 3 is 1.16 bits per heavy atom. The molecule has 3 unspecified atom stereocenters. The summed E-state index contributed by atoms with van der Waals surface area (Å²) in [5, 5.41) is 13.9. The Morgan fingerprint density at radius 2 is 0.775 bits per heavy atom. The minimum Gasteiger partial charge on any atom is -0.756 e. The number of phosphoric ester groups is 1. The van der Waals surface area contributed by atoms with E-state index in [-0.39, 0.29) is 12.5 Å². The zero-order chi connectivity index (χ0) is 58.4. The lowest BCUT2D eigenvalue weighted by Gasteiger charge is -2.29. The second-order valence-corrected chi connectivity index (χ2v) is 25.6. The van der Waals surface area contributed by atoms with E-state index in [2.05, 4.69) is 92.1 Å². The van der Waals surface area contributed by atoms with Gasteiger partial charge >= 0.3 is 0 Å². The lowest BCUT2D eigenvalue weighted by atomic mass is 10.0. The topological polar surface area (TPSA) is 108 Å². The molecule has 0 aromatic rings. The van der Waals surface area contributed by atoms with Crippen molar-refractivity contribution in [1.29, 1.82) is 0 Å². The fourth-order valence-electron chi connectivity index (χ4n) is 9.85. The molecule has 0 saturated carbocycles. The number of nitrogens with zero attached hydrogens (tertiary/aromatic N) is 1. The van der Waals surface area contributed by atoms with Crippen molar-refractivity contribution in [3.8, 4) is 0 Å². The zero-order valence-electron chi connectivity index (χ0n) is 53.3. The van der Waals surface area contributed by atoms with Gasteiger partial charge in [-0.25, -0.2) is 0 Å². The quantitative estimate of drug-likeness (QED) is 0.0272. The Labute approximate surface area is 497 Å². The van der Waals surface area contributed by atoms with Gasteiger partial charge in [-0.05, 0) is 77.0 Å². The number of amides is 1.